The summed E-state index contributed by atoms with van der Waals surface area (Å²) < 4.78 is 5.37. The van der Waals surface area contributed by atoms with E-state index in [1.165, 1.54) is 5.56 Å². The van der Waals surface area contributed by atoms with Crippen molar-refractivity contribution in [2.24, 2.45) is 0 Å². The lowest BCUT2D eigenvalue weighted by molar-refractivity contribution is 0.0882. The van der Waals surface area contributed by atoms with Crippen molar-refractivity contribution in [2.45, 2.75) is 32.2 Å². The minimum Gasteiger partial charge on any atom is -0.456 e. The zero-order chi connectivity index (χ0) is 16.1. The number of nitrogens with one attached hydrogen (secondary N) is 1. The summed E-state index contributed by atoms with van der Waals surface area (Å²) in [5.74, 6) is 1.07. The number of nitrogens with zero attached hydrogens (tertiary/aromatic N) is 2. The monoisotopic (exact) mass is 313 g/mol. The predicted octanol–water partition coefficient (Wildman–Crippen LogP) is 2.42. The van der Waals surface area contributed by atoms with E-state index in [1.54, 1.807) is 6.07 Å². The topological polar surface area (TPSA) is 58.4 Å². The predicted molar refractivity (Wildman–Crippen MR) is 88.3 cm³/mol. The second-order valence-electron chi connectivity index (χ2n) is 6.11. The van der Waals surface area contributed by atoms with Crippen LogP contribution in [-0.2, 0) is 6.42 Å². The largest absolute Gasteiger partial charge is 0.456 e. The molecule has 0 spiro atoms. The minimum atomic E-state index is -0.103. The highest BCUT2D eigenvalue weighted by Crippen LogP contribution is 2.13. The van der Waals surface area contributed by atoms with E-state index < -0.39 is 0 Å². The Kier molecular flexibility index (Phi) is 5.08. The van der Waals surface area contributed by atoms with Gasteiger partial charge in [-0.1, -0.05) is 0 Å². The van der Waals surface area contributed by atoms with E-state index in [0.717, 1.165) is 44.7 Å². The van der Waals surface area contributed by atoms with Crippen molar-refractivity contribution >= 4 is 5.91 Å². The quantitative estimate of drug-likeness (QED) is 0.921. The van der Waals surface area contributed by atoms with Crippen molar-refractivity contribution in [3.05, 3.63) is 53.7 Å². The van der Waals surface area contributed by atoms with Crippen molar-refractivity contribution < 1.29 is 9.21 Å². The van der Waals surface area contributed by atoms with Crippen LogP contribution in [0.25, 0.3) is 0 Å². The van der Waals surface area contributed by atoms with Gasteiger partial charge in [0.15, 0.2) is 5.76 Å². The Balaban J connectivity index is 1.41. The Bertz CT molecular complexity index is 631. The van der Waals surface area contributed by atoms with Gasteiger partial charge in [-0.25, -0.2) is 0 Å². The summed E-state index contributed by atoms with van der Waals surface area (Å²) in [6.07, 6.45) is 6.70. The zero-order valence-electron chi connectivity index (χ0n) is 13.5. The highest BCUT2D eigenvalue weighted by molar-refractivity contribution is 5.91. The van der Waals surface area contributed by atoms with E-state index >= 15 is 0 Å². The smallest absolute Gasteiger partial charge is 0.287 e. The second-order valence-corrected chi connectivity index (χ2v) is 6.11. The highest BCUT2D eigenvalue weighted by Gasteiger charge is 2.21. The molecule has 0 aliphatic carbocycles. The molecule has 0 saturated carbocycles. The van der Waals surface area contributed by atoms with Crippen LogP contribution in [0.3, 0.4) is 0 Å². The third-order valence-electron chi connectivity index (χ3n) is 4.35. The Labute approximate surface area is 136 Å². The fourth-order valence-corrected chi connectivity index (χ4v) is 2.95. The van der Waals surface area contributed by atoms with E-state index in [9.17, 15) is 4.79 Å². The summed E-state index contributed by atoms with van der Waals surface area (Å²) in [4.78, 5) is 18.6. The lowest BCUT2D eigenvalue weighted by atomic mass is 10.0. The summed E-state index contributed by atoms with van der Waals surface area (Å²) in [5.41, 5.74) is 1.32. The van der Waals surface area contributed by atoms with Crippen LogP contribution in [-0.4, -0.2) is 41.5 Å². The van der Waals surface area contributed by atoms with Crippen molar-refractivity contribution in [3.8, 4) is 0 Å². The van der Waals surface area contributed by atoms with Gasteiger partial charge in [0.25, 0.3) is 5.91 Å². The molecule has 1 fully saturated rings. The maximum absolute atomic E-state index is 12.1. The number of piperidine rings is 1. The van der Waals surface area contributed by atoms with Gasteiger partial charge in [-0.3, -0.25) is 9.78 Å². The summed E-state index contributed by atoms with van der Waals surface area (Å²) >= 11 is 0. The number of amides is 1. The number of carbonyl (C=O) groups is 1. The lowest BCUT2D eigenvalue weighted by Gasteiger charge is -2.32. The van der Waals surface area contributed by atoms with E-state index in [4.69, 9.17) is 4.42 Å². The molecule has 2 aromatic rings. The average Bonchev–Trinajstić information content (AvgIpc) is 3.02. The standard InChI is InChI=1S/C18H23N3O2/c1-14-2-3-17(23-14)18(22)20-16-7-12-21(13-8-16)11-6-15-4-9-19-10-5-15/h2-5,9-10,16H,6-8,11-13H2,1H3,(H,20,22). The van der Waals surface area contributed by atoms with Crippen LogP contribution in [0.5, 0.6) is 0 Å². The Hall–Kier alpha value is -2.14. The molecule has 1 aliphatic rings. The molecule has 1 amide bonds. The van der Waals surface area contributed by atoms with Gasteiger partial charge in [0, 0.05) is 38.1 Å². The summed E-state index contributed by atoms with van der Waals surface area (Å²) in [7, 11) is 0. The van der Waals surface area contributed by atoms with Crippen molar-refractivity contribution in [3.63, 3.8) is 0 Å². The van der Waals surface area contributed by atoms with Crippen LogP contribution in [0.4, 0.5) is 0 Å². The molecule has 3 heterocycles. The van der Waals surface area contributed by atoms with Gasteiger partial charge in [0.1, 0.15) is 5.76 Å². The van der Waals surface area contributed by atoms with Crippen molar-refractivity contribution in [2.75, 3.05) is 19.6 Å². The molecule has 0 radical (unpaired) electrons. The molecule has 0 bridgehead atoms. The maximum Gasteiger partial charge on any atom is 0.287 e. The van der Waals surface area contributed by atoms with Gasteiger partial charge in [0.05, 0.1) is 0 Å². The number of pyridine rings is 1. The first-order valence-corrected chi connectivity index (χ1v) is 8.19. The number of hydrogen-bond donors (Lipinski definition) is 1. The maximum atomic E-state index is 12.1. The number of rotatable bonds is 5. The first kappa shape index (κ1) is 15.7. The van der Waals surface area contributed by atoms with Crippen molar-refractivity contribution in [1.29, 1.82) is 0 Å². The van der Waals surface area contributed by atoms with Gasteiger partial charge in [-0.15, -0.1) is 0 Å². The molecule has 23 heavy (non-hydrogen) atoms. The van der Waals surface area contributed by atoms with Crippen molar-refractivity contribution in [1.82, 2.24) is 15.2 Å². The normalized spacial score (nSPS) is 16.4. The van der Waals surface area contributed by atoms with E-state index in [2.05, 4.69) is 27.3 Å². The number of aromatic nitrogens is 1. The molecule has 3 rings (SSSR count). The molecule has 1 aliphatic heterocycles. The molecule has 122 valence electrons. The number of aryl methyl sites for hydroxylation is 1. The number of carbonyl (C=O) groups excluding carboxylic acids is 1. The minimum absolute atomic E-state index is 0.103. The first-order chi connectivity index (χ1) is 11.2. The number of likely N-dealkylation sites (tertiary alicyclic amines) is 1. The molecule has 0 aromatic carbocycles. The van der Waals surface area contributed by atoms with Gasteiger partial charge >= 0.3 is 0 Å². The van der Waals surface area contributed by atoms with Gasteiger partial charge < -0.3 is 14.6 Å². The number of hydrogen-bond acceptors (Lipinski definition) is 4. The van der Waals surface area contributed by atoms with Crippen LogP contribution in [0.1, 0.15) is 34.7 Å². The van der Waals surface area contributed by atoms with Crippen LogP contribution in [0, 0.1) is 6.92 Å². The molecule has 5 nitrogen and oxygen atoms in total. The van der Waals surface area contributed by atoms with Gasteiger partial charge in [0.2, 0.25) is 0 Å². The molecular formula is C18H23N3O2. The molecule has 0 atom stereocenters. The van der Waals surface area contributed by atoms with Crippen LogP contribution >= 0.6 is 0 Å². The third-order valence-corrected chi connectivity index (χ3v) is 4.35. The molecule has 1 saturated heterocycles. The van der Waals surface area contributed by atoms with E-state index in [1.807, 2.05) is 25.4 Å². The molecule has 0 unspecified atom stereocenters. The molecule has 1 N–H and O–H groups in total. The molecular weight excluding hydrogens is 290 g/mol. The zero-order valence-corrected chi connectivity index (χ0v) is 13.5. The van der Waals surface area contributed by atoms with E-state index in [0.29, 0.717) is 5.76 Å². The Morgan fingerprint density at radius 1 is 1.26 bits per heavy atom. The lowest BCUT2D eigenvalue weighted by Crippen LogP contribution is -2.45. The molecule has 2 aromatic heterocycles. The third kappa shape index (κ3) is 4.42. The first-order valence-electron chi connectivity index (χ1n) is 8.19. The number of furan rings is 1. The fraction of sp³-hybridized carbons (Fsp3) is 0.444. The second kappa shape index (κ2) is 7.42. The Morgan fingerprint density at radius 2 is 2.00 bits per heavy atom. The summed E-state index contributed by atoms with van der Waals surface area (Å²) in [6.45, 7) is 4.94. The van der Waals surface area contributed by atoms with Crippen LogP contribution < -0.4 is 5.32 Å². The Morgan fingerprint density at radius 3 is 2.65 bits per heavy atom. The average molecular weight is 313 g/mol. The van der Waals surface area contributed by atoms with Gasteiger partial charge in [-0.05, 0) is 56.0 Å². The van der Waals surface area contributed by atoms with Crippen LogP contribution in [0.15, 0.2) is 41.1 Å². The summed E-state index contributed by atoms with van der Waals surface area (Å²) in [5, 5.41) is 3.08. The van der Waals surface area contributed by atoms with Crippen LogP contribution in [0.2, 0.25) is 0 Å². The molecule has 5 heteroatoms. The SMILES string of the molecule is Cc1ccc(C(=O)NC2CCN(CCc3ccncc3)CC2)o1. The van der Waals surface area contributed by atoms with Gasteiger partial charge in [-0.2, -0.15) is 0 Å². The highest BCUT2D eigenvalue weighted by atomic mass is 16.3. The fourth-order valence-electron chi connectivity index (χ4n) is 2.95. The summed E-state index contributed by atoms with van der Waals surface area (Å²) in [6, 6.07) is 7.92. The van der Waals surface area contributed by atoms with E-state index in [-0.39, 0.29) is 11.9 Å².